The first-order chi connectivity index (χ1) is 11.6. The zero-order chi connectivity index (χ0) is 16.9. The number of aliphatic hydroxyl groups is 1. The molecule has 7 heteroatoms. The van der Waals surface area contributed by atoms with Crippen molar-refractivity contribution in [2.45, 2.75) is 51.2 Å². The molecule has 2 atom stereocenters. The molecule has 2 aromatic heterocycles. The molecule has 0 aromatic carbocycles. The molecule has 1 N–H and O–H groups in total. The van der Waals surface area contributed by atoms with Crippen molar-refractivity contribution in [3.05, 3.63) is 29.7 Å². The molecule has 0 bridgehead atoms. The summed E-state index contributed by atoms with van der Waals surface area (Å²) in [4.78, 5) is 27.4. The maximum Gasteiger partial charge on any atom is 0.228 e. The fraction of sp³-hybridized carbons (Fsp3) is 0.529. The molecule has 24 heavy (non-hydrogen) atoms. The van der Waals surface area contributed by atoms with Gasteiger partial charge in [-0.2, -0.15) is 0 Å². The van der Waals surface area contributed by atoms with Crippen LogP contribution < -0.4 is 0 Å². The van der Waals surface area contributed by atoms with Crippen LogP contribution in [-0.4, -0.2) is 49.6 Å². The first-order valence-electron chi connectivity index (χ1n) is 8.32. The molecule has 1 aliphatic heterocycles. The number of hydrogen-bond donors (Lipinski definition) is 1. The third-order valence-electron chi connectivity index (χ3n) is 4.23. The van der Waals surface area contributed by atoms with Gasteiger partial charge >= 0.3 is 0 Å². The maximum atomic E-state index is 12.7. The maximum absolute atomic E-state index is 12.7. The standard InChI is InChI=1S/C17H22N4O2S/c1-12(22)8-14-4-2-3-7-21(14)16(23)9-13-11-24-17(20-13)15-10-18-5-6-19-15/h5-6,10-12,14,22H,2-4,7-9H2,1H3/t12-,14+/m1/s1. The zero-order valence-electron chi connectivity index (χ0n) is 13.8. The van der Waals surface area contributed by atoms with E-state index in [0.29, 0.717) is 12.8 Å². The second kappa shape index (κ2) is 7.81. The van der Waals surface area contributed by atoms with E-state index in [-0.39, 0.29) is 18.1 Å². The summed E-state index contributed by atoms with van der Waals surface area (Å²) in [5, 5.41) is 12.4. The summed E-state index contributed by atoms with van der Waals surface area (Å²) in [6.07, 6.45) is 8.62. The number of hydrogen-bond acceptors (Lipinski definition) is 6. The third kappa shape index (κ3) is 4.15. The van der Waals surface area contributed by atoms with Gasteiger partial charge in [0.15, 0.2) is 0 Å². The fourth-order valence-electron chi connectivity index (χ4n) is 3.14. The van der Waals surface area contributed by atoms with E-state index in [0.717, 1.165) is 42.2 Å². The largest absolute Gasteiger partial charge is 0.393 e. The topological polar surface area (TPSA) is 79.2 Å². The van der Waals surface area contributed by atoms with Gasteiger partial charge in [0.1, 0.15) is 10.7 Å². The van der Waals surface area contributed by atoms with Gasteiger partial charge in [0.05, 0.1) is 24.4 Å². The quantitative estimate of drug-likeness (QED) is 0.898. The van der Waals surface area contributed by atoms with Crippen LogP contribution in [0.25, 0.3) is 10.7 Å². The Morgan fingerprint density at radius 2 is 2.33 bits per heavy atom. The van der Waals surface area contributed by atoms with E-state index in [9.17, 15) is 9.90 Å². The number of thiazole rings is 1. The van der Waals surface area contributed by atoms with Crippen molar-refractivity contribution >= 4 is 17.2 Å². The van der Waals surface area contributed by atoms with Crippen molar-refractivity contribution in [2.75, 3.05) is 6.54 Å². The summed E-state index contributed by atoms with van der Waals surface area (Å²) in [6.45, 7) is 2.56. The highest BCUT2D eigenvalue weighted by Crippen LogP contribution is 2.24. The minimum absolute atomic E-state index is 0.0938. The van der Waals surface area contributed by atoms with Gasteiger partial charge in [-0.15, -0.1) is 11.3 Å². The summed E-state index contributed by atoms with van der Waals surface area (Å²) in [5.74, 6) is 0.0938. The minimum Gasteiger partial charge on any atom is -0.393 e. The molecule has 2 aromatic rings. The Morgan fingerprint density at radius 1 is 1.46 bits per heavy atom. The molecular formula is C17H22N4O2S. The van der Waals surface area contributed by atoms with Gasteiger partial charge in [0.2, 0.25) is 5.91 Å². The highest BCUT2D eigenvalue weighted by atomic mass is 32.1. The van der Waals surface area contributed by atoms with E-state index in [1.165, 1.54) is 11.3 Å². The van der Waals surface area contributed by atoms with Gasteiger partial charge < -0.3 is 10.0 Å². The number of likely N-dealkylation sites (tertiary alicyclic amines) is 1. The van der Waals surface area contributed by atoms with Crippen LogP contribution in [0.15, 0.2) is 24.0 Å². The Balaban J connectivity index is 1.67. The number of aliphatic hydroxyl groups excluding tert-OH is 1. The van der Waals surface area contributed by atoms with Gasteiger partial charge in [-0.25, -0.2) is 4.98 Å². The van der Waals surface area contributed by atoms with E-state index in [1.807, 2.05) is 10.3 Å². The molecule has 3 rings (SSSR count). The lowest BCUT2D eigenvalue weighted by atomic mass is 9.96. The van der Waals surface area contributed by atoms with Gasteiger partial charge in [0.25, 0.3) is 0 Å². The first kappa shape index (κ1) is 17.0. The van der Waals surface area contributed by atoms with E-state index in [2.05, 4.69) is 15.0 Å². The Labute approximate surface area is 145 Å². The lowest BCUT2D eigenvalue weighted by Gasteiger charge is -2.36. The number of amides is 1. The summed E-state index contributed by atoms with van der Waals surface area (Å²) in [5.41, 5.74) is 1.50. The molecule has 0 saturated carbocycles. The normalized spacial score (nSPS) is 19.2. The average Bonchev–Trinajstić information content (AvgIpc) is 3.04. The molecule has 128 valence electrons. The highest BCUT2D eigenvalue weighted by Gasteiger charge is 2.28. The van der Waals surface area contributed by atoms with E-state index >= 15 is 0 Å². The van der Waals surface area contributed by atoms with Crippen LogP contribution in [0.1, 0.15) is 38.3 Å². The molecule has 6 nitrogen and oxygen atoms in total. The smallest absolute Gasteiger partial charge is 0.228 e. The van der Waals surface area contributed by atoms with Crippen molar-refractivity contribution in [3.63, 3.8) is 0 Å². The summed E-state index contributed by atoms with van der Waals surface area (Å²) in [7, 11) is 0. The zero-order valence-corrected chi connectivity index (χ0v) is 14.6. The van der Waals surface area contributed by atoms with Crippen LogP contribution >= 0.6 is 11.3 Å². The van der Waals surface area contributed by atoms with Crippen LogP contribution in [0.4, 0.5) is 0 Å². The molecule has 1 fully saturated rings. The Hall–Kier alpha value is -1.86. The predicted octanol–water partition coefficient (Wildman–Crippen LogP) is 2.29. The van der Waals surface area contributed by atoms with Crippen molar-refractivity contribution < 1.29 is 9.90 Å². The van der Waals surface area contributed by atoms with Crippen molar-refractivity contribution in [1.29, 1.82) is 0 Å². The van der Waals surface area contributed by atoms with Gasteiger partial charge in [0, 0.05) is 30.4 Å². The van der Waals surface area contributed by atoms with Crippen molar-refractivity contribution in [1.82, 2.24) is 19.9 Å². The number of carbonyl (C=O) groups is 1. The second-order valence-electron chi connectivity index (χ2n) is 6.23. The van der Waals surface area contributed by atoms with Crippen molar-refractivity contribution in [2.24, 2.45) is 0 Å². The number of carbonyl (C=O) groups excluding carboxylic acids is 1. The van der Waals surface area contributed by atoms with Gasteiger partial charge in [-0.1, -0.05) is 0 Å². The summed E-state index contributed by atoms with van der Waals surface area (Å²) in [6, 6.07) is 0.143. The van der Waals surface area contributed by atoms with Crippen molar-refractivity contribution in [3.8, 4) is 10.7 Å². The molecule has 1 amide bonds. The van der Waals surface area contributed by atoms with E-state index < -0.39 is 0 Å². The Bertz CT molecular complexity index is 674. The van der Waals surface area contributed by atoms with Crippen LogP contribution in [0.5, 0.6) is 0 Å². The summed E-state index contributed by atoms with van der Waals surface area (Å²) >= 11 is 1.48. The first-order valence-corrected chi connectivity index (χ1v) is 9.20. The van der Waals surface area contributed by atoms with Crippen LogP contribution in [-0.2, 0) is 11.2 Å². The lowest BCUT2D eigenvalue weighted by Crippen LogP contribution is -2.45. The molecule has 1 aliphatic rings. The number of piperidine rings is 1. The fourth-order valence-corrected chi connectivity index (χ4v) is 3.92. The molecule has 1 saturated heterocycles. The number of nitrogens with zero attached hydrogens (tertiary/aromatic N) is 4. The summed E-state index contributed by atoms with van der Waals surface area (Å²) < 4.78 is 0. The second-order valence-corrected chi connectivity index (χ2v) is 7.09. The molecule has 0 unspecified atom stereocenters. The molecule has 0 aliphatic carbocycles. The van der Waals surface area contributed by atoms with Gasteiger partial charge in [-0.05, 0) is 32.6 Å². The van der Waals surface area contributed by atoms with E-state index in [4.69, 9.17) is 0 Å². The van der Waals surface area contributed by atoms with Crippen LogP contribution in [0.3, 0.4) is 0 Å². The lowest BCUT2D eigenvalue weighted by molar-refractivity contribution is -0.134. The predicted molar refractivity (Wildman–Crippen MR) is 92.5 cm³/mol. The van der Waals surface area contributed by atoms with Crippen LogP contribution in [0.2, 0.25) is 0 Å². The SMILES string of the molecule is C[C@@H](O)C[C@@H]1CCCCN1C(=O)Cc1csc(-c2cnccn2)n1. The number of rotatable bonds is 5. The molecule has 0 radical (unpaired) electrons. The third-order valence-corrected chi connectivity index (χ3v) is 5.14. The molecular weight excluding hydrogens is 324 g/mol. The van der Waals surface area contributed by atoms with E-state index in [1.54, 1.807) is 25.5 Å². The minimum atomic E-state index is -0.383. The Kier molecular flexibility index (Phi) is 5.52. The van der Waals surface area contributed by atoms with Gasteiger partial charge in [-0.3, -0.25) is 14.8 Å². The Morgan fingerprint density at radius 3 is 3.08 bits per heavy atom. The highest BCUT2D eigenvalue weighted by molar-refractivity contribution is 7.13. The average molecular weight is 346 g/mol. The number of aromatic nitrogens is 3. The monoisotopic (exact) mass is 346 g/mol. The molecule has 0 spiro atoms. The van der Waals surface area contributed by atoms with Crippen LogP contribution in [0, 0.1) is 0 Å². The molecule has 3 heterocycles.